The first kappa shape index (κ1) is 20.3. The van der Waals surface area contributed by atoms with Gasteiger partial charge >= 0.3 is 5.97 Å². The van der Waals surface area contributed by atoms with Crippen molar-refractivity contribution >= 4 is 22.6 Å². The molecule has 3 aliphatic rings. The van der Waals surface area contributed by atoms with E-state index < -0.39 is 17.2 Å². The number of aromatic nitrogens is 1. The van der Waals surface area contributed by atoms with Gasteiger partial charge in [-0.05, 0) is 51.1 Å². The standard InChI is InChI=1S/C23H28FN3O4/c1-3-31-23(29)16-11-27(14-6-7-14)19-15(21(16)28)9-17(24)20(22(19)30-2)26-10-13-5-4-8-25-18(13)12-26/h9,11,13-14,18,25H,3-8,10,12H2,1-2H3/t13-,18+/m0/s1. The van der Waals surface area contributed by atoms with Crippen molar-refractivity contribution in [3.8, 4) is 5.75 Å². The van der Waals surface area contributed by atoms with Gasteiger partial charge in [-0.15, -0.1) is 0 Å². The van der Waals surface area contributed by atoms with E-state index in [-0.39, 0.29) is 23.6 Å². The third kappa shape index (κ3) is 3.37. The van der Waals surface area contributed by atoms with Crippen LogP contribution in [0.3, 0.4) is 0 Å². The van der Waals surface area contributed by atoms with Crippen molar-refractivity contribution in [1.82, 2.24) is 9.88 Å². The molecule has 0 unspecified atom stereocenters. The summed E-state index contributed by atoms with van der Waals surface area (Å²) < 4.78 is 28.2. The van der Waals surface area contributed by atoms with E-state index in [1.807, 2.05) is 9.47 Å². The molecule has 0 bridgehead atoms. The summed E-state index contributed by atoms with van der Waals surface area (Å²) in [5, 5.41) is 3.70. The van der Waals surface area contributed by atoms with E-state index in [1.54, 1.807) is 13.1 Å². The number of ether oxygens (including phenoxy) is 2. The van der Waals surface area contributed by atoms with Crippen LogP contribution < -0.4 is 20.4 Å². The van der Waals surface area contributed by atoms with E-state index in [9.17, 15) is 9.59 Å². The Bertz CT molecular complexity index is 1080. The number of piperidine rings is 1. The number of esters is 1. The second kappa shape index (κ2) is 7.82. The van der Waals surface area contributed by atoms with Crippen molar-refractivity contribution < 1.29 is 18.7 Å². The molecule has 3 heterocycles. The number of carbonyl (C=O) groups is 1. The first-order valence-corrected chi connectivity index (χ1v) is 11.1. The number of halogens is 1. The highest BCUT2D eigenvalue weighted by molar-refractivity contribution is 5.97. The normalized spacial score (nSPS) is 23.1. The summed E-state index contributed by atoms with van der Waals surface area (Å²) >= 11 is 0. The molecule has 0 radical (unpaired) electrons. The molecule has 0 spiro atoms. The lowest BCUT2D eigenvalue weighted by Crippen LogP contribution is -2.40. The van der Waals surface area contributed by atoms with E-state index >= 15 is 4.39 Å². The molecule has 2 aromatic rings. The number of pyridine rings is 1. The molecule has 2 saturated heterocycles. The largest absolute Gasteiger partial charge is 0.492 e. The van der Waals surface area contributed by atoms with Gasteiger partial charge in [0.1, 0.15) is 11.3 Å². The van der Waals surface area contributed by atoms with Gasteiger partial charge in [0.05, 0.1) is 24.6 Å². The van der Waals surface area contributed by atoms with Crippen LogP contribution in [-0.2, 0) is 4.74 Å². The van der Waals surface area contributed by atoms with Crippen LogP contribution in [0.15, 0.2) is 17.1 Å². The van der Waals surface area contributed by atoms with Gasteiger partial charge < -0.3 is 24.3 Å². The summed E-state index contributed by atoms with van der Waals surface area (Å²) in [7, 11) is 1.51. The predicted octanol–water partition coefficient (Wildman–Crippen LogP) is 2.85. The van der Waals surface area contributed by atoms with Crippen molar-refractivity contribution in [2.24, 2.45) is 5.92 Å². The average molecular weight is 429 g/mol. The molecular formula is C23H28FN3O4. The average Bonchev–Trinajstić information content (AvgIpc) is 3.51. The molecule has 1 aromatic carbocycles. The van der Waals surface area contributed by atoms with Crippen LogP contribution in [0.4, 0.5) is 10.1 Å². The van der Waals surface area contributed by atoms with Crippen LogP contribution in [0, 0.1) is 11.7 Å². The van der Waals surface area contributed by atoms with Gasteiger partial charge in [0.2, 0.25) is 5.43 Å². The highest BCUT2D eigenvalue weighted by Gasteiger charge is 2.38. The molecule has 3 fully saturated rings. The van der Waals surface area contributed by atoms with Crippen LogP contribution >= 0.6 is 0 Å². The van der Waals surface area contributed by atoms with Gasteiger partial charge in [-0.2, -0.15) is 0 Å². The lowest BCUT2D eigenvalue weighted by Gasteiger charge is -2.25. The maximum atomic E-state index is 15.5. The second-order valence-electron chi connectivity index (χ2n) is 8.74. The highest BCUT2D eigenvalue weighted by Crippen LogP contribution is 2.45. The third-order valence-electron chi connectivity index (χ3n) is 6.75. The number of hydrogen-bond donors (Lipinski definition) is 1. The maximum absolute atomic E-state index is 15.5. The van der Waals surface area contributed by atoms with E-state index in [4.69, 9.17) is 9.47 Å². The van der Waals surface area contributed by atoms with Crippen LogP contribution in [0.25, 0.3) is 10.9 Å². The van der Waals surface area contributed by atoms with Crippen molar-refractivity contribution in [2.45, 2.75) is 44.7 Å². The van der Waals surface area contributed by atoms with Crippen molar-refractivity contribution in [2.75, 3.05) is 38.3 Å². The molecule has 31 heavy (non-hydrogen) atoms. The summed E-state index contributed by atoms with van der Waals surface area (Å²) in [6, 6.07) is 1.77. The Kier molecular flexibility index (Phi) is 5.12. The Hall–Kier alpha value is -2.61. The topological polar surface area (TPSA) is 72.8 Å². The molecule has 7 nitrogen and oxygen atoms in total. The number of benzene rings is 1. The van der Waals surface area contributed by atoms with Gasteiger partial charge in [0.25, 0.3) is 0 Å². The fourth-order valence-electron chi connectivity index (χ4n) is 5.16. The Morgan fingerprint density at radius 3 is 2.77 bits per heavy atom. The van der Waals surface area contributed by atoms with Gasteiger partial charge in [-0.25, -0.2) is 9.18 Å². The van der Waals surface area contributed by atoms with Crippen molar-refractivity contribution in [1.29, 1.82) is 0 Å². The second-order valence-corrected chi connectivity index (χ2v) is 8.74. The molecule has 1 aromatic heterocycles. The SMILES string of the molecule is CCOC(=O)c1cn(C2CC2)c2c(OC)c(N3C[C@@H]4CCCN[C@@H]4C3)c(F)cc2c1=O. The fourth-order valence-corrected chi connectivity index (χ4v) is 5.16. The Balaban J connectivity index is 1.70. The lowest BCUT2D eigenvalue weighted by atomic mass is 9.94. The molecule has 5 rings (SSSR count). The molecule has 1 aliphatic carbocycles. The van der Waals surface area contributed by atoms with Gasteiger partial charge in [0.15, 0.2) is 11.6 Å². The Morgan fingerprint density at radius 2 is 2.10 bits per heavy atom. The van der Waals surface area contributed by atoms with Crippen molar-refractivity contribution in [3.05, 3.63) is 33.9 Å². The number of anilines is 1. The number of carbonyl (C=O) groups excluding carboxylic acids is 1. The monoisotopic (exact) mass is 429 g/mol. The van der Waals surface area contributed by atoms with Crippen LogP contribution in [0.1, 0.15) is 49.0 Å². The van der Waals surface area contributed by atoms with Gasteiger partial charge in [0, 0.05) is 31.4 Å². The molecular weight excluding hydrogens is 401 g/mol. The molecule has 166 valence electrons. The lowest BCUT2D eigenvalue weighted by molar-refractivity contribution is 0.0524. The van der Waals surface area contributed by atoms with E-state index in [0.29, 0.717) is 35.5 Å². The summed E-state index contributed by atoms with van der Waals surface area (Å²) in [6.45, 7) is 4.31. The van der Waals surface area contributed by atoms with E-state index in [2.05, 4.69) is 5.32 Å². The number of methoxy groups -OCH3 is 1. The molecule has 8 heteroatoms. The van der Waals surface area contributed by atoms with Gasteiger partial charge in [-0.1, -0.05) is 0 Å². The smallest absolute Gasteiger partial charge is 0.343 e. The number of hydrogen-bond acceptors (Lipinski definition) is 6. The van der Waals surface area contributed by atoms with Crippen LogP contribution in [-0.4, -0.2) is 49.9 Å². The third-order valence-corrected chi connectivity index (χ3v) is 6.75. The zero-order chi connectivity index (χ0) is 21.7. The molecule has 1 N–H and O–H groups in total. The zero-order valence-corrected chi connectivity index (χ0v) is 17.9. The maximum Gasteiger partial charge on any atom is 0.343 e. The minimum Gasteiger partial charge on any atom is -0.492 e. The number of fused-ring (bicyclic) bond motifs is 2. The fraction of sp³-hybridized carbons (Fsp3) is 0.565. The van der Waals surface area contributed by atoms with Crippen LogP contribution in [0.5, 0.6) is 5.75 Å². The molecule has 0 amide bonds. The van der Waals surface area contributed by atoms with E-state index in [0.717, 1.165) is 38.8 Å². The van der Waals surface area contributed by atoms with Crippen LogP contribution in [0.2, 0.25) is 0 Å². The minimum absolute atomic E-state index is 0.0631. The highest BCUT2D eigenvalue weighted by atomic mass is 19.1. The first-order valence-electron chi connectivity index (χ1n) is 11.1. The zero-order valence-electron chi connectivity index (χ0n) is 17.9. The van der Waals surface area contributed by atoms with Crippen molar-refractivity contribution in [3.63, 3.8) is 0 Å². The molecule has 1 saturated carbocycles. The minimum atomic E-state index is -0.679. The summed E-state index contributed by atoms with van der Waals surface area (Å²) in [5.41, 5.74) is 0.379. The molecule has 2 aliphatic heterocycles. The Morgan fingerprint density at radius 1 is 1.29 bits per heavy atom. The number of rotatable bonds is 5. The Labute approximate surface area is 180 Å². The summed E-state index contributed by atoms with van der Waals surface area (Å²) in [6.07, 6.45) is 5.70. The number of nitrogens with zero attached hydrogens (tertiary/aromatic N) is 2. The van der Waals surface area contributed by atoms with E-state index in [1.165, 1.54) is 13.2 Å². The summed E-state index contributed by atoms with van der Waals surface area (Å²) in [5.74, 6) is -0.330. The molecule has 2 atom stereocenters. The quantitative estimate of drug-likeness (QED) is 0.737. The summed E-state index contributed by atoms with van der Waals surface area (Å²) in [4.78, 5) is 27.6. The van der Waals surface area contributed by atoms with Gasteiger partial charge in [-0.3, -0.25) is 4.79 Å². The first-order chi connectivity index (χ1) is 15.0. The predicted molar refractivity (Wildman–Crippen MR) is 116 cm³/mol. The number of nitrogens with one attached hydrogen (secondary N) is 1.